The highest BCUT2D eigenvalue weighted by atomic mass is 19.1. The molecule has 0 bridgehead atoms. The van der Waals surface area contributed by atoms with Gasteiger partial charge in [0.25, 0.3) is 0 Å². The molecule has 1 aliphatic heterocycles. The lowest BCUT2D eigenvalue weighted by molar-refractivity contribution is -0.124. The molecular formula is C16H20FN5O2. The molecular weight excluding hydrogens is 313 g/mol. The summed E-state index contributed by atoms with van der Waals surface area (Å²) in [4.78, 5) is 12.4. The van der Waals surface area contributed by atoms with Crippen molar-refractivity contribution < 1.29 is 13.9 Å². The average Bonchev–Trinajstić information content (AvgIpc) is 3.14. The van der Waals surface area contributed by atoms with Gasteiger partial charge in [0.2, 0.25) is 5.91 Å². The molecule has 1 aliphatic rings. The third kappa shape index (κ3) is 3.43. The zero-order valence-electron chi connectivity index (χ0n) is 13.5. The van der Waals surface area contributed by atoms with Crippen LogP contribution in [0, 0.1) is 5.82 Å². The van der Waals surface area contributed by atoms with Gasteiger partial charge in [0.05, 0.1) is 0 Å². The van der Waals surface area contributed by atoms with Crippen LogP contribution < -0.4 is 5.32 Å². The molecule has 3 rings (SSSR count). The summed E-state index contributed by atoms with van der Waals surface area (Å²) in [6.07, 6.45) is 2.87. The number of ether oxygens (including phenoxy) is 1. The number of carbonyl (C=O) groups excluding carboxylic acids is 1. The van der Waals surface area contributed by atoms with Crippen molar-refractivity contribution in [1.29, 1.82) is 0 Å². The second-order valence-corrected chi connectivity index (χ2v) is 6.09. The molecule has 1 atom stereocenters. The Kier molecular flexibility index (Phi) is 4.84. The topological polar surface area (TPSA) is 81.9 Å². The standard InChI is InChI=1S/C16H20FN5O2/c1-12(22-11-19-20-21-22)15(23)18-10-16(5-7-24-8-6-16)13-3-2-4-14(17)9-13/h2-4,9,11-12H,5-8,10H2,1H3,(H,18,23). The number of rotatable bonds is 5. The largest absolute Gasteiger partial charge is 0.381 e. The lowest BCUT2D eigenvalue weighted by Crippen LogP contribution is -2.46. The van der Waals surface area contributed by atoms with E-state index in [9.17, 15) is 9.18 Å². The molecule has 1 fully saturated rings. The first kappa shape index (κ1) is 16.5. The van der Waals surface area contributed by atoms with Crippen LogP contribution in [0.5, 0.6) is 0 Å². The van der Waals surface area contributed by atoms with E-state index in [0.717, 1.165) is 18.4 Å². The fourth-order valence-electron chi connectivity index (χ4n) is 3.02. The van der Waals surface area contributed by atoms with Crippen LogP contribution in [-0.2, 0) is 14.9 Å². The quantitative estimate of drug-likeness (QED) is 0.890. The molecule has 0 spiro atoms. The molecule has 1 unspecified atom stereocenters. The maximum Gasteiger partial charge on any atom is 0.244 e. The molecule has 0 radical (unpaired) electrons. The van der Waals surface area contributed by atoms with Crippen LogP contribution in [0.3, 0.4) is 0 Å². The summed E-state index contributed by atoms with van der Waals surface area (Å²) in [5.74, 6) is -0.448. The average molecular weight is 333 g/mol. The molecule has 2 aromatic rings. The van der Waals surface area contributed by atoms with Crippen molar-refractivity contribution in [2.75, 3.05) is 19.8 Å². The normalized spacial score (nSPS) is 18.1. The minimum atomic E-state index is -0.510. The van der Waals surface area contributed by atoms with Gasteiger partial charge in [-0.05, 0) is 47.9 Å². The van der Waals surface area contributed by atoms with Gasteiger partial charge in [-0.3, -0.25) is 4.79 Å². The van der Waals surface area contributed by atoms with E-state index in [1.54, 1.807) is 19.1 Å². The summed E-state index contributed by atoms with van der Waals surface area (Å²) in [5.41, 5.74) is 0.567. The Morgan fingerprint density at radius 2 is 2.25 bits per heavy atom. The minimum Gasteiger partial charge on any atom is -0.381 e. The van der Waals surface area contributed by atoms with Gasteiger partial charge in [-0.25, -0.2) is 9.07 Å². The zero-order chi connectivity index (χ0) is 17.0. The lowest BCUT2D eigenvalue weighted by atomic mass is 9.74. The molecule has 1 aromatic heterocycles. The molecule has 128 valence electrons. The molecule has 1 saturated heterocycles. The van der Waals surface area contributed by atoms with E-state index in [1.807, 2.05) is 6.07 Å². The molecule has 0 aliphatic carbocycles. The number of nitrogens with one attached hydrogen (secondary N) is 1. The highest BCUT2D eigenvalue weighted by Gasteiger charge is 2.35. The van der Waals surface area contributed by atoms with Crippen molar-refractivity contribution in [3.63, 3.8) is 0 Å². The predicted octanol–water partition coefficient (Wildman–Crippen LogP) is 1.24. The third-order valence-corrected chi connectivity index (χ3v) is 4.63. The maximum absolute atomic E-state index is 13.7. The van der Waals surface area contributed by atoms with Gasteiger partial charge in [0.15, 0.2) is 0 Å². The summed E-state index contributed by atoms with van der Waals surface area (Å²) in [6.45, 7) is 3.33. The van der Waals surface area contributed by atoms with E-state index in [2.05, 4.69) is 20.8 Å². The number of aromatic nitrogens is 4. The fourth-order valence-corrected chi connectivity index (χ4v) is 3.02. The van der Waals surface area contributed by atoms with E-state index in [1.165, 1.54) is 17.1 Å². The second-order valence-electron chi connectivity index (χ2n) is 6.09. The van der Waals surface area contributed by atoms with Gasteiger partial charge >= 0.3 is 0 Å². The number of nitrogens with zero attached hydrogens (tertiary/aromatic N) is 4. The predicted molar refractivity (Wildman–Crippen MR) is 83.7 cm³/mol. The fraction of sp³-hybridized carbons (Fsp3) is 0.500. The number of tetrazole rings is 1. The summed E-state index contributed by atoms with van der Waals surface area (Å²) in [6, 6.07) is 6.07. The zero-order valence-corrected chi connectivity index (χ0v) is 13.5. The van der Waals surface area contributed by atoms with Gasteiger partial charge in [-0.1, -0.05) is 12.1 Å². The number of hydrogen-bond acceptors (Lipinski definition) is 5. The van der Waals surface area contributed by atoms with E-state index < -0.39 is 6.04 Å². The Hall–Kier alpha value is -2.35. The van der Waals surface area contributed by atoms with Gasteiger partial charge in [0, 0.05) is 25.2 Å². The van der Waals surface area contributed by atoms with Crippen LogP contribution in [0.15, 0.2) is 30.6 Å². The summed E-state index contributed by atoms with van der Waals surface area (Å²) in [7, 11) is 0. The first-order chi connectivity index (χ1) is 11.6. The first-order valence-corrected chi connectivity index (χ1v) is 7.95. The molecule has 7 nitrogen and oxygen atoms in total. The third-order valence-electron chi connectivity index (χ3n) is 4.63. The Morgan fingerprint density at radius 1 is 1.46 bits per heavy atom. The lowest BCUT2D eigenvalue weighted by Gasteiger charge is -2.38. The molecule has 24 heavy (non-hydrogen) atoms. The molecule has 1 amide bonds. The SMILES string of the molecule is CC(C(=O)NCC1(c2cccc(F)c2)CCOCC1)n1cnnn1. The molecule has 1 aromatic carbocycles. The number of halogens is 1. The van der Waals surface area contributed by atoms with Crippen molar-refractivity contribution >= 4 is 5.91 Å². The number of benzene rings is 1. The van der Waals surface area contributed by atoms with Gasteiger partial charge in [0.1, 0.15) is 18.2 Å². The van der Waals surface area contributed by atoms with Crippen LogP contribution in [0.4, 0.5) is 4.39 Å². The van der Waals surface area contributed by atoms with Crippen molar-refractivity contribution in [3.8, 4) is 0 Å². The van der Waals surface area contributed by atoms with Crippen LogP contribution in [0.1, 0.15) is 31.4 Å². The van der Waals surface area contributed by atoms with Crippen molar-refractivity contribution in [2.45, 2.75) is 31.2 Å². The van der Waals surface area contributed by atoms with Crippen LogP contribution in [-0.4, -0.2) is 45.9 Å². The van der Waals surface area contributed by atoms with Crippen molar-refractivity contribution in [3.05, 3.63) is 42.0 Å². The Balaban J connectivity index is 1.74. The first-order valence-electron chi connectivity index (χ1n) is 7.95. The Morgan fingerprint density at radius 3 is 2.92 bits per heavy atom. The van der Waals surface area contributed by atoms with E-state index >= 15 is 0 Å². The Labute approximate surface area is 139 Å². The number of carbonyl (C=O) groups is 1. The molecule has 2 heterocycles. The van der Waals surface area contributed by atoms with Crippen LogP contribution >= 0.6 is 0 Å². The summed E-state index contributed by atoms with van der Waals surface area (Å²) >= 11 is 0. The van der Waals surface area contributed by atoms with E-state index in [4.69, 9.17) is 4.74 Å². The monoisotopic (exact) mass is 333 g/mol. The number of hydrogen-bond donors (Lipinski definition) is 1. The number of amides is 1. The van der Waals surface area contributed by atoms with Gasteiger partial charge < -0.3 is 10.1 Å². The summed E-state index contributed by atoms with van der Waals surface area (Å²) in [5, 5.41) is 13.8. The smallest absolute Gasteiger partial charge is 0.244 e. The molecule has 1 N–H and O–H groups in total. The van der Waals surface area contributed by atoms with Gasteiger partial charge in [-0.15, -0.1) is 5.10 Å². The highest BCUT2D eigenvalue weighted by Crippen LogP contribution is 2.34. The van der Waals surface area contributed by atoms with E-state index in [0.29, 0.717) is 19.8 Å². The second kappa shape index (κ2) is 7.04. The highest BCUT2D eigenvalue weighted by molar-refractivity contribution is 5.79. The van der Waals surface area contributed by atoms with Crippen LogP contribution in [0.2, 0.25) is 0 Å². The van der Waals surface area contributed by atoms with Crippen molar-refractivity contribution in [2.24, 2.45) is 0 Å². The van der Waals surface area contributed by atoms with Gasteiger partial charge in [-0.2, -0.15) is 0 Å². The van der Waals surface area contributed by atoms with E-state index in [-0.39, 0.29) is 17.1 Å². The molecule has 0 saturated carbocycles. The van der Waals surface area contributed by atoms with Crippen molar-refractivity contribution in [1.82, 2.24) is 25.5 Å². The van der Waals surface area contributed by atoms with Crippen LogP contribution in [0.25, 0.3) is 0 Å². The maximum atomic E-state index is 13.7. The minimum absolute atomic E-state index is 0.176. The Bertz CT molecular complexity index is 686. The summed E-state index contributed by atoms with van der Waals surface area (Å²) < 4.78 is 20.5. The molecule has 8 heteroatoms.